The maximum absolute atomic E-state index is 11.0. The Hall–Kier alpha value is -1.23. The summed E-state index contributed by atoms with van der Waals surface area (Å²) >= 11 is 3.34. The second kappa shape index (κ2) is 5.75. The molecule has 5 heteroatoms. The zero-order valence-corrected chi connectivity index (χ0v) is 10.8. The average Bonchev–Trinajstić information content (AvgIpc) is 2.26. The van der Waals surface area contributed by atoms with E-state index in [1.165, 1.54) is 0 Å². The van der Waals surface area contributed by atoms with Gasteiger partial charge in [-0.1, -0.05) is 6.92 Å². The van der Waals surface area contributed by atoms with Gasteiger partial charge in [0.25, 0.3) is 5.91 Å². The summed E-state index contributed by atoms with van der Waals surface area (Å²) in [7, 11) is 1.58. The van der Waals surface area contributed by atoms with Gasteiger partial charge < -0.3 is 15.2 Å². The van der Waals surface area contributed by atoms with Crippen LogP contribution in [0.15, 0.2) is 22.7 Å². The fourth-order valence-electron chi connectivity index (χ4n) is 1.20. The van der Waals surface area contributed by atoms with Crippen molar-refractivity contribution in [2.24, 2.45) is 5.73 Å². The second-order valence-electron chi connectivity index (χ2n) is 3.21. The minimum atomic E-state index is -0.607. The number of hydrogen-bond acceptors (Lipinski definition) is 3. The third kappa shape index (κ3) is 3.13. The van der Waals surface area contributed by atoms with Gasteiger partial charge in [0.1, 0.15) is 11.5 Å². The molecule has 0 aromatic heterocycles. The zero-order chi connectivity index (χ0) is 12.1. The SMILES string of the molecule is CCC(Oc1ccc(OC)cc1Br)C(N)=O. The normalized spacial score (nSPS) is 11.9. The minimum absolute atomic E-state index is 0.467. The van der Waals surface area contributed by atoms with E-state index in [4.69, 9.17) is 15.2 Å². The Balaban J connectivity index is 2.84. The van der Waals surface area contributed by atoms with Gasteiger partial charge in [-0.15, -0.1) is 0 Å². The van der Waals surface area contributed by atoms with E-state index in [0.29, 0.717) is 17.9 Å². The predicted molar refractivity (Wildman–Crippen MR) is 64.6 cm³/mol. The van der Waals surface area contributed by atoms with Crippen molar-refractivity contribution in [3.8, 4) is 11.5 Å². The fourth-order valence-corrected chi connectivity index (χ4v) is 1.65. The quantitative estimate of drug-likeness (QED) is 0.902. The highest BCUT2D eigenvalue weighted by atomic mass is 79.9. The molecule has 16 heavy (non-hydrogen) atoms. The highest BCUT2D eigenvalue weighted by Crippen LogP contribution is 2.30. The summed E-state index contributed by atoms with van der Waals surface area (Å²) in [6.45, 7) is 1.84. The molecule has 0 spiro atoms. The number of carbonyl (C=O) groups excluding carboxylic acids is 1. The summed E-state index contributed by atoms with van der Waals surface area (Å²) in [5.74, 6) is 0.822. The van der Waals surface area contributed by atoms with Gasteiger partial charge in [-0.25, -0.2) is 0 Å². The molecule has 0 saturated carbocycles. The molecule has 1 aromatic rings. The molecular formula is C11H14BrNO3. The topological polar surface area (TPSA) is 61.6 Å². The molecule has 2 N–H and O–H groups in total. The van der Waals surface area contributed by atoms with Crippen LogP contribution in [-0.2, 0) is 4.79 Å². The highest BCUT2D eigenvalue weighted by molar-refractivity contribution is 9.10. The van der Waals surface area contributed by atoms with Crippen LogP contribution in [0.5, 0.6) is 11.5 Å². The van der Waals surface area contributed by atoms with Crippen LogP contribution in [0.25, 0.3) is 0 Å². The first-order chi connectivity index (χ1) is 7.58. The molecule has 0 aliphatic carbocycles. The Morgan fingerprint density at radius 2 is 2.25 bits per heavy atom. The van der Waals surface area contributed by atoms with E-state index in [2.05, 4.69) is 15.9 Å². The van der Waals surface area contributed by atoms with Gasteiger partial charge >= 0.3 is 0 Å². The molecule has 0 heterocycles. The summed E-state index contributed by atoms with van der Waals surface area (Å²) in [6.07, 6.45) is -0.0712. The molecule has 0 aliphatic heterocycles. The van der Waals surface area contributed by atoms with Gasteiger partial charge in [-0.3, -0.25) is 4.79 Å². The van der Waals surface area contributed by atoms with Crippen LogP contribution >= 0.6 is 15.9 Å². The van der Waals surface area contributed by atoms with Gasteiger partial charge in [0.2, 0.25) is 0 Å². The molecule has 1 rings (SSSR count). The first-order valence-electron chi connectivity index (χ1n) is 4.88. The lowest BCUT2D eigenvalue weighted by Gasteiger charge is -2.15. The van der Waals surface area contributed by atoms with E-state index in [1.807, 2.05) is 6.92 Å². The molecule has 88 valence electrons. The molecule has 0 fully saturated rings. The van der Waals surface area contributed by atoms with Crippen LogP contribution in [0.4, 0.5) is 0 Å². The summed E-state index contributed by atoms with van der Waals surface area (Å²) in [4.78, 5) is 11.0. The number of amides is 1. The zero-order valence-electron chi connectivity index (χ0n) is 9.20. The van der Waals surface area contributed by atoms with Gasteiger partial charge in [0, 0.05) is 0 Å². The smallest absolute Gasteiger partial charge is 0.258 e. The average molecular weight is 288 g/mol. The van der Waals surface area contributed by atoms with E-state index in [0.717, 1.165) is 4.47 Å². The number of benzene rings is 1. The van der Waals surface area contributed by atoms with E-state index in [9.17, 15) is 4.79 Å². The molecule has 1 atom stereocenters. The molecule has 0 bridgehead atoms. The summed E-state index contributed by atoms with van der Waals surface area (Å²) in [5.41, 5.74) is 5.20. The highest BCUT2D eigenvalue weighted by Gasteiger charge is 2.16. The predicted octanol–water partition coefficient (Wildman–Crippen LogP) is 2.10. The maximum atomic E-state index is 11.0. The Morgan fingerprint density at radius 1 is 1.56 bits per heavy atom. The second-order valence-corrected chi connectivity index (χ2v) is 4.07. The number of carbonyl (C=O) groups is 1. The van der Waals surface area contributed by atoms with Crippen LogP contribution in [-0.4, -0.2) is 19.1 Å². The van der Waals surface area contributed by atoms with Crippen LogP contribution < -0.4 is 15.2 Å². The number of methoxy groups -OCH3 is 1. The Morgan fingerprint density at radius 3 is 2.69 bits per heavy atom. The van der Waals surface area contributed by atoms with E-state index >= 15 is 0 Å². The molecule has 0 radical (unpaired) electrons. The van der Waals surface area contributed by atoms with Gasteiger partial charge in [-0.2, -0.15) is 0 Å². The Labute approximate surface area is 103 Å². The van der Waals surface area contributed by atoms with Gasteiger partial charge in [0.05, 0.1) is 11.6 Å². The largest absolute Gasteiger partial charge is 0.497 e. The van der Waals surface area contributed by atoms with E-state index in [-0.39, 0.29) is 0 Å². The summed E-state index contributed by atoms with van der Waals surface area (Å²) in [6, 6.07) is 5.26. The minimum Gasteiger partial charge on any atom is -0.497 e. The Bertz CT molecular complexity index is 381. The number of nitrogens with two attached hydrogens (primary N) is 1. The van der Waals surface area contributed by atoms with Crippen LogP contribution in [0, 0.1) is 0 Å². The monoisotopic (exact) mass is 287 g/mol. The number of halogens is 1. The lowest BCUT2D eigenvalue weighted by atomic mass is 10.2. The standard InChI is InChI=1S/C11H14BrNO3/c1-3-9(11(13)14)16-10-5-4-7(15-2)6-8(10)12/h4-6,9H,3H2,1-2H3,(H2,13,14). The maximum Gasteiger partial charge on any atom is 0.258 e. The van der Waals surface area contributed by atoms with Crippen molar-refractivity contribution in [2.75, 3.05) is 7.11 Å². The molecule has 0 saturated heterocycles. The van der Waals surface area contributed by atoms with Crippen molar-refractivity contribution in [1.82, 2.24) is 0 Å². The van der Waals surface area contributed by atoms with Crippen molar-refractivity contribution >= 4 is 21.8 Å². The first-order valence-corrected chi connectivity index (χ1v) is 5.67. The third-order valence-electron chi connectivity index (χ3n) is 2.10. The number of ether oxygens (including phenoxy) is 2. The lowest BCUT2D eigenvalue weighted by molar-refractivity contribution is -0.124. The van der Waals surface area contributed by atoms with Crippen LogP contribution in [0.1, 0.15) is 13.3 Å². The Kier molecular flexibility index (Phi) is 4.61. The molecule has 1 amide bonds. The van der Waals surface area contributed by atoms with Crippen molar-refractivity contribution < 1.29 is 14.3 Å². The van der Waals surface area contributed by atoms with Crippen molar-refractivity contribution in [1.29, 1.82) is 0 Å². The van der Waals surface area contributed by atoms with Gasteiger partial charge in [0.15, 0.2) is 6.10 Å². The van der Waals surface area contributed by atoms with E-state index < -0.39 is 12.0 Å². The molecule has 1 unspecified atom stereocenters. The third-order valence-corrected chi connectivity index (χ3v) is 2.72. The molecule has 1 aromatic carbocycles. The number of primary amides is 1. The molecule has 4 nitrogen and oxygen atoms in total. The molecular weight excluding hydrogens is 274 g/mol. The first kappa shape index (κ1) is 12.8. The van der Waals surface area contributed by atoms with Crippen molar-refractivity contribution in [3.05, 3.63) is 22.7 Å². The summed E-state index contributed by atoms with van der Waals surface area (Å²) in [5, 5.41) is 0. The van der Waals surface area contributed by atoms with Gasteiger partial charge in [-0.05, 0) is 40.5 Å². The fraction of sp³-hybridized carbons (Fsp3) is 0.364. The van der Waals surface area contributed by atoms with Crippen molar-refractivity contribution in [3.63, 3.8) is 0 Å². The lowest BCUT2D eigenvalue weighted by Crippen LogP contribution is -2.33. The van der Waals surface area contributed by atoms with E-state index in [1.54, 1.807) is 25.3 Å². The number of rotatable bonds is 5. The van der Waals surface area contributed by atoms with Crippen molar-refractivity contribution in [2.45, 2.75) is 19.4 Å². The van der Waals surface area contributed by atoms with Crippen LogP contribution in [0.3, 0.4) is 0 Å². The number of hydrogen-bond donors (Lipinski definition) is 1. The van der Waals surface area contributed by atoms with Crippen LogP contribution in [0.2, 0.25) is 0 Å². The summed E-state index contributed by atoms with van der Waals surface area (Å²) < 4.78 is 11.3. The molecule has 0 aliphatic rings.